The van der Waals surface area contributed by atoms with Crippen molar-refractivity contribution in [1.29, 1.82) is 0 Å². The third-order valence-electron chi connectivity index (χ3n) is 3.25. The van der Waals surface area contributed by atoms with Crippen LogP contribution < -0.4 is 10.5 Å². The Morgan fingerprint density at radius 1 is 1.05 bits per heavy atom. The molecule has 0 saturated carbocycles. The first-order chi connectivity index (χ1) is 9.11. The van der Waals surface area contributed by atoms with Gasteiger partial charge in [-0.15, -0.1) is 0 Å². The van der Waals surface area contributed by atoms with Crippen LogP contribution in [0.2, 0.25) is 0 Å². The minimum absolute atomic E-state index is 0.198. The molecule has 0 aliphatic heterocycles. The molecule has 19 heavy (non-hydrogen) atoms. The van der Waals surface area contributed by atoms with Crippen LogP contribution >= 0.6 is 0 Å². The quantitative estimate of drug-likeness (QED) is 0.912. The van der Waals surface area contributed by atoms with E-state index in [4.69, 9.17) is 10.5 Å². The van der Waals surface area contributed by atoms with Gasteiger partial charge in [-0.2, -0.15) is 0 Å². The summed E-state index contributed by atoms with van der Waals surface area (Å²) in [6, 6.07) is 11.1. The van der Waals surface area contributed by atoms with Crippen molar-refractivity contribution in [3.05, 3.63) is 64.5 Å². The van der Waals surface area contributed by atoms with E-state index in [1.807, 2.05) is 32.0 Å². The predicted octanol–water partition coefficient (Wildman–Crippen LogP) is 3.48. The fourth-order valence-electron chi connectivity index (χ4n) is 1.87. The maximum atomic E-state index is 14.0. The van der Waals surface area contributed by atoms with E-state index in [0.29, 0.717) is 11.1 Å². The highest BCUT2D eigenvalue weighted by atomic mass is 19.1. The minimum atomic E-state index is -0.270. The zero-order valence-electron chi connectivity index (χ0n) is 11.2. The Labute approximate surface area is 113 Å². The van der Waals surface area contributed by atoms with E-state index in [0.717, 1.165) is 11.3 Å². The highest BCUT2D eigenvalue weighted by molar-refractivity contribution is 5.34. The third kappa shape index (κ3) is 3.12. The van der Waals surface area contributed by atoms with Gasteiger partial charge < -0.3 is 10.5 Å². The first-order valence-corrected chi connectivity index (χ1v) is 6.28. The molecule has 0 aliphatic rings. The van der Waals surface area contributed by atoms with E-state index in [2.05, 4.69) is 0 Å². The lowest BCUT2D eigenvalue weighted by Crippen LogP contribution is -2.05. The molecule has 0 bridgehead atoms. The third-order valence-corrected chi connectivity index (χ3v) is 3.25. The van der Waals surface area contributed by atoms with Crippen LogP contribution in [-0.2, 0) is 13.2 Å². The Balaban J connectivity index is 2.12. The lowest BCUT2D eigenvalue weighted by Gasteiger charge is -2.10. The van der Waals surface area contributed by atoms with Gasteiger partial charge in [-0.3, -0.25) is 0 Å². The van der Waals surface area contributed by atoms with Gasteiger partial charge in [-0.1, -0.05) is 24.3 Å². The van der Waals surface area contributed by atoms with Gasteiger partial charge in [0, 0.05) is 17.7 Å². The van der Waals surface area contributed by atoms with E-state index in [-0.39, 0.29) is 19.0 Å². The summed E-state index contributed by atoms with van der Waals surface area (Å²) in [5, 5.41) is 0. The molecule has 100 valence electrons. The van der Waals surface area contributed by atoms with E-state index >= 15 is 0 Å². The number of ether oxygens (including phenoxy) is 1. The topological polar surface area (TPSA) is 35.2 Å². The van der Waals surface area contributed by atoms with Crippen LogP contribution in [-0.4, -0.2) is 0 Å². The van der Waals surface area contributed by atoms with Gasteiger partial charge in [-0.25, -0.2) is 4.39 Å². The van der Waals surface area contributed by atoms with Gasteiger partial charge in [0.1, 0.15) is 18.2 Å². The molecule has 2 nitrogen and oxygen atoms in total. The first kappa shape index (κ1) is 13.6. The number of hydrogen-bond acceptors (Lipinski definition) is 2. The van der Waals surface area contributed by atoms with E-state index in [9.17, 15) is 4.39 Å². The zero-order valence-corrected chi connectivity index (χ0v) is 11.2. The second-order valence-corrected chi connectivity index (χ2v) is 4.63. The molecule has 0 radical (unpaired) electrons. The minimum Gasteiger partial charge on any atom is -0.489 e. The van der Waals surface area contributed by atoms with Gasteiger partial charge in [0.15, 0.2) is 0 Å². The predicted molar refractivity (Wildman–Crippen MR) is 74.5 cm³/mol. The summed E-state index contributed by atoms with van der Waals surface area (Å²) in [7, 11) is 0. The highest BCUT2D eigenvalue weighted by Crippen LogP contribution is 2.19. The molecule has 0 fully saturated rings. The average Bonchev–Trinajstić information content (AvgIpc) is 2.41. The number of benzene rings is 2. The molecule has 0 amide bonds. The number of halogens is 1. The van der Waals surface area contributed by atoms with Crippen LogP contribution in [0.1, 0.15) is 22.3 Å². The Kier molecular flexibility index (Phi) is 4.17. The molecular formula is C16H18FNO. The smallest absolute Gasteiger partial charge is 0.134 e. The summed E-state index contributed by atoms with van der Waals surface area (Å²) < 4.78 is 19.6. The SMILES string of the molecule is Cc1ccc(OCc2cccc(CN)c2F)cc1C. The number of aryl methyl sites for hydroxylation is 2. The number of nitrogens with two attached hydrogens (primary N) is 1. The van der Waals surface area contributed by atoms with Gasteiger partial charge in [-0.05, 0) is 37.1 Å². The summed E-state index contributed by atoms with van der Waals surface area (Å²) in [6.07, 6.45) is 0. The molecule has 0 aromatic heterocycles. The molecule has 3 heteroatoms. The maximum Gasteiger partial charge on any atom is 0.134 e. The second kappa shape index (κ2) is 5.85. The first-order valence-electron chi connectivity index (χ1n) is 6.28. The van der Waals surface area contributed by atoms with E-state index in [1.54, 1.807) is 18.2 Å². The van der Waals surface area contributed by atoms with E-state index < -0.39 is 0 Å². The van der Waals surface area contributed by atoms with Gasteiger partial charge in [0.05, 0.1) is 0 Å². The summed E-state index contributed by atoms with van der Waals surface area (Å²) in [5.74, 6) is 0.481. The van der Waals surface area contributed by atoms with Crippen molar-refractivity contribution >= 4 is 0 Å². The fourth-order valence-corrected chi connectivity index (χ4v) is 1.87. The molecule has 2 aromatic rings. The van der Waals surface area contributed by atoms with Crippen molar-refractivity contribution in [2.45, 2.75) is 27.0 Å². The molecule has 2 rings (SSSR count). The molecule has 2 N–H and O–H groups in total. The second-order valence-electron chi connectivity index (χ2n) is 4.63. The van der Waals surface area contributed by atoms with Crippen molar-refractivity contribution in [1.82, 2.24) is 0 Å². The van der Waals surface area contributed by atoms with E-state index in [1.165, 1.54) is 5.56 Å². The van der Waals surface area contributed by atoms with Crippen LogP contribution in [0.15, 0.2) is 36.4 Å². The monoisotopic (exact) mass is 259 g/mol. The molecule has 0 unspecified atom stereocenters. The highest BCUT2D eigenvalue weighted by Gasteiger charge is 2.07. The van der Waals surface area contributed by atoms with Crippen molar-refractivity contribution in [3.63, 3.8) is 0 Å². The van der Waals surface area contributed by atoms with Gasteiger partial charge >= 0.3 is 0 Å². The van der Waals surface area contributed by atoms with Crippen LogP contribution in [0.4, 0.5) is 4.39 Å². The summed E-state index contributed by atoms with van der Waals surface area (Å²) in [5.41, 5.74) is 8.90. The van der Waals surface area contributed by atoms with Gasteiger partial charge in [0.25, 0.3) is 0 Å². The summed E-state index contributed by atoms with van der Waals surface area (Å²) in [4.78, 5) is 0. The van der Waals surface area contributed by atoms with Crippen LogP contribution in [0, 0.1) is 19.7 Å². The summed E-state index contributed by atoms with van der Waals surface area (Å²) >= 11 is 0. The lowest BCUT2D eigenvalue weighted by atomic mass is 10.1. The van der Waals surface area contributed by atoms with Crippen molar-refractivity contribution in [2.24, 2.45) is 5.73 Å². The number of hydrogen-bond donors (Lipinski definition) is 1. The largest absolute Gasteiger partial charge is 0.489 e. The molecule has 0 spiro atoms. The molecule has 0 atom stereocenters. The van der Waals surface area contributed by atoms with Crippen LogP contribution in [0.3, 0.4) is 0 Å². The van der Waals surface area contributed by atoms with Crippen molar-refractivity contribution < 1.29 is 9.13 Å². The van der Waals surface area contributed by atoms with Crippen LogP contribution in [0.5, 0.6) is 5.75 Å². The van der Waals surface area contributed by atoms with Gasteiger partial charge in [0.2, 0.25) is 0 Å². The maximum absolute atomic E-state index is 14.0. The Hall–Kier alpha value is -1.87. The lowest BCUT2D eigenvalue weighted by molar-refractivity contribution is 0.299. The molecule has 2 aromatic carbocycles. The molecular weight excluding hydrogens is 241 g/mol. The van der Waals surface area contributed by atoms with Crippen LogP contribution in [0.25, 0.3) is 0 Å². The molecule has 0 heterocycles. The van der Waals surface area contributed by atoms with Crippen molar-refractivity contribution in [3.8, 4) is 5.75 Å². The standard InChI is InChI=1S/C16H18FNO/c1-11-6-7-15(8-12(11)2)19-10-14-5-3-4-13(9-18)16(14)17/h3-8H,9-10,18H2,1-2H3. The average molecular weight is 259 g/mol. The Morgan fingerprint density at radius 2 is 1.79 bits per heavy atom. The molecule has 0 saturated heterocycles. The molecule has 0 aliphatic carbocycles. The zero-order chi connectivity index (χ0) is 13.8. The summed E-state index contributed by atoms with van der Waals surface area (Å²) in [6.45, 7) is 4.48. The Morgan fingerprint density at radius 3 is 2.47 bits per heavy atom. The Bertz CT molecular complexity index is 581. The normalized spacial score (nSPS) is 10.5. The number of rotatable bonds is 4. The fraction of sp³-hybridized carbons (Fsp3) is 0.250. The van der Waals surface area contributed by atoms with Crippen molar-refractivity contribution in [2.75, 3.05) is 0 Å².